The number of halogens is 1. The van der Waals surface area contributed by atoms with Gasteiger partial charge in [0.25, 0.3) is 0 Å². The summed E-state index contributed by atoms with van der Waals surface area (Å²) in [5, 5.41) is 2.95. The third-order valence-corrected chi connectivity index (χ3v) is 4.52. The zero-order chi connectivity index (χ0) is 19.4. The number of amides is 3. The van der Waals surface area contributed by atoms with Crippen molar-refractivity contribution in [1.29, 1.82) is 0 Å². The third kappa shape index (κ3) is 4.55. The van der Waals surface area contributed by atoms with Crippen molar-refractivity contribution >= 4 is 11.9 Å². The van der Waals surface area contributed by atoms with Crippen LogP contribution < -0.4 is 15.8 Å². The number of hydrogen-bond donors (Lipinski definition) is 2. The van der Waals surface area contributed by atoms with Crippen LogP contribution in [-0.2, 0) is 6.54 Å². The van der Waals surface area contributed by atoms with Crippen molar-refractivity contribution in [2.24, 2.45) is 5.73 Å². The number of hydrogen-bond acceptors (Lipinski definition) is 3. The molecule has 27 heavy (non-hydrogen) atoms. The molecule has 0 saturated carbocycles. The van der Waals surface area contributed by atoms with Gasteiger partial charge >= 0.3 is 6.03 Å². The van der Waals surface area contributed by atoms with Crippen LogP contribution in [-0.4, -0.2) is 30.5 Å². The Labute approximate surface area is 157 Å². The summed E-state index contributed by atoms with van der Waals surface area (Å²) in [6, 6.07) is 10.6. The van der Waals surface area contributed by atoms with Gasteiger partial charge in [-0.25, -0.2) is 9.18 Å². The minimum Gasteiger partial charge on any atom is -0.493 e. The molecule has 0 spiro atoms. The largest absolute Gasteiger partial charge is 0.493 e. The Morgan fingerprint density at radius 2 is 2.11 bits per heavy atom. The third-order valence-electron chi connectivity index (χ3n) is 4.52. The highest BCUT2D eigenvalue weighted by molar-refractivity contribution is 5.92. The molecule has 1 aliphatic heterocycles. The zero-order valence-corrected chi connectivity index (χ0v) is 15.1. The van der Waals surface area contributed by atoms with E-state index in [2.05, 4.69) is 5.32 Å². The number of benzene rings is 2. The molecule has 2 aromatic rings. The number of carbonyl (C=O) groups is 2. The summed E-state index contributed by atoms with van der Waals surface area (Å²) in [7, 11) is 1.66. The van der Waals surface area contributed by atoms with Gasteiger partial charge in [0.2, 0.25) is 5.91 Å². The predicted octanol–water partition coefficient (Wildman–Crippen LogP) is 2.98. The van der Waals surface area contributed by atoms with E-state index in [1.165, 1.54) is 17.0 Å². The summed E-state index contributed by atoms with van der Waals surface area (Å²) < 4.78 is 19.3. The van der Waals surface area contributed by atoms with Crippen LogP contribution in [0.1, 0.15) is 40.4 Å². The van der Waals surface area contributed by atoms with Gasteiger partial charge in [-0.05, 0) is 48.7 Å². The molecule has 1 unspecified atom stereocenters. The van der Waals surface area contributed by atoms with Gasteiger partial charge in [-0.15, -0.1) is 0 Å². The fourth-order valence-electron chi connectivity index (χ4n) is 3.13. The molecule has 0 saturated heterocycles. The Morgan fingerprint density at radius 3 is 2.89 bits per heavy atom. The van der Waals surface area contributed by atoms with Crippen LogP contribution in [0.4, 0.5) is 9.18 Å². The van der Waals surface area contributed by atoms with Crippen molar-refractivity contribution in [2.45, 2.75) is 25.4 Å². The lowest BCUT2D eigenvalue weighted by Crippen LogP contribution is -2.39. The summed E-state index contributed by atoms with van der Waals surface area (Å²) in [5.41, 5.74) is 7.12. The maximum atomic E-state index is 13.7. The lowest BCUT2D eigenvalue weighted by molar-refractivity contribution is 0.1000. The maximum absolute atomic E-state index is 13.7. The normalized spacial score (nSPS) is 15.9. The predicted molar refractivity (Wildman–Crippen MR) is 98.8 cm³/mol. The van der Waals surface area contributed by atoms with E-state index in [9.17, 15) is 14.0 Å². The molecule has 0 bridgehead atoms. The summed E-state index contributed by atoms with van der Waals surface area (Å²) >= 11 is 0. The molecule has 1 atom stereocenters. The van der Waals surface area contributed by atoms with Crippen molar-refractivity contribution in [3.63, 3.8) is 0 Å². The molecule has 0 radical (unpaired) electrons. The van der Waals surface area contributed by atoms with Crippen molar-refractivity contribution in [3.8, 4) is 5.75 Å². The molecular formula is C20H22FN3O3. The molecule has 142 valence electrons. The van der Waals surface area contributed by atoms with Gasteiger partial charge in [0.05, 0.1) is 12.6 Å². The SMILES string of the molecule is CN(Cc1cccc(C(N)=O)c1)C(=O)NC1CCCOc2ccc(F)cc21. The van der Waals surface area contributed by atoms with Crippen molar-refractivity contribution < 1.29 is 18.7 Å². The van der Waals surface area contributed by atoms with Crippen molar-refractivity contribution in [1.82, 2.24) is 10.2 Å². The first kappa shape index (κ1) is 18.7. The van der Waals surface area contributed by atoms with Crippen LogP contribution >= 0.6 is 0 Å². The Balaban J connectivity index is 1.70. The lowest BCUT2D eigenvalue weighted by Gasteiger charge is -2.24. The topological polar surface area (TPSA) is 84.7 Å². The highest BCUT2D eigenvalue weighted by atomic mass is 19.1. The number of nitrogens with one attached hydrogen (secondary N) is 1. The average Bonchev–Trinajstić information content (AvgIpc) is 2.84. The zero-order valence-electron chi connectivity index (χ0n) is 15.1. The fourth-order valence-corrected chi connectivity index (χ4v) is 3.13. The highest BCUT2D eigenvalue weighted by Gasteiger charge is 2.23. The second-order valence-corrected chi connectivity index (χ2v) is 6.60. The van der Waals surface area contributed by atoms with E-state index in [1.807, 2.05) is 6.07 Å². The second-order valence-electron chi connectivity index (χ2n) is 6.60. The van der Waals surface area contributed by atoms with E-state index in [0.29, 0.717) is 36.4 Å². The van der Waals surface area contributed by atoms with Crippen LogP contribution in [0.15, 0.2) is 42.5 Å². The smallest absolute Gasteiger partial charge is 0.317 e. The molecule has 6 nitrogen and oxygen atoms in total. The van der Waals surface area contributed by atoms with E-state index < -0.39 is 5.91 Å². The molecule has 7 heteroatoms. The van der Waals surface area contributed by atoms with E-state index in [1.54, 1.807) is 31.3 Å². The number of nitrogens with two attached hydrogens (primary N) is 1. The monoisotopic (exact) mass is 371 g/mol. The number of fused-ring (bicyclic) bond motifs is 1. The Hall–Kier alpha value is -3.09. The first-order chi connectivity index (χ1) is 12.9. The second kappa shape index (κ2) is 8.07. The summed E-state index contributed by atoms with van der Waals surface area (Å²) in [6.07, 6.45) is 1.42. The fraction of sp³-hybridized carbons (Fsp3) is 0.300. The number of primary amides is 1. The van der Waals surface area contributed by atoms with Crippen LogP contribution in [0, 0.1) is 5.82 Å². The van der Waals surface area contributed by atoms with Gasteiger partial charge in [-0.2, -0.15) is 0 Å². The first-order valence-electron chi connectivity index (χ1n) is 8.76. The van der Waals surface area contributed by atoms with Crippen LogP contribution in [0.5, 0.6) is 5.75 Å². The molecule has 3 N–H and O–H groups in total. The molecule has 2 aromatic carbocycles. The van der Waals surface area contributed by atoms with Gasteiger partial charge in [0.1, 0.15) is 11.6 Å². The van der Waals surface area contributed by atoms with E-state index in [0.717, 1.165) is 12.0 Å². The van der Waals surface area contributed by atoms with Crippen molar-refractivity contribution in [2.75, 3.05) is 13.7 Å². The number of nitrogens with zero attached hydrogens (tertiary/aromatic N) is 1. The van der Waals surface area contributed by atoms with Gasteiger partial charge in [0, 0.05) is 24.7 Å². The van der Waals surface area contributed by atoms with Gasteiger partial charge in [0.15, 0.2) is 0 Å². The molecule has 1 aliphatic rings. The Kier molecular flexibility index (Phi) is 5.59. The minimum atomic E-state index is -0.513. The number of carbonyl (C=O) groups excluding carboxylic acids is 2. The maximum Gasteiger partial charge on any atom is 0.317 e. The number of rotatable bonds is 4. The van der Waals surface area contributed by atoms with Crippen LogP contribution in [0.25, 0.3) is 0 Å². The molecule has 0 aromatic heterocycles. The molecular weight excluding hydrogens is 349 g/mol. The number of ether oxygens (including phenoxy) is 1. The van der Waals surface area contributed by atoms with Crippen molar-refractivity contribution in [3.05, 3.63) is 65.0 Å². The standard InChI is InChI=1S/C20H22FN3O3/c1-24(12-13-4-2-5-14(10-13)19(22)25)20(26)23-17-6-3-9-27-18-8-7-15(21)11-16(17)18/h2,4-5,7-8,10-11,17H,3,6,9,12H2,1H3,(H2,22,25)(H,23,26). The molecule has 3 amide bonds. The lowest BCUT2D eigenvalue weighted by atomic mass is 10.0. The summed E-state index contributed by atoms with van der Waals surface area (Å²) in [6.45, 7) is 0.840. The first-order valence-corrected chi connectivity index (χ1v) is 8.76. The van der Waals surface area contributed by atoms with Gasteiger partial charge in [-0.3, -0.25) is 4.79 Å². The minimum absolute atomic E-state index is 0.290. The van der Waals surface area contributed by atoms with Crippen LogP contribution in [0.2, 0.25) is 0 Å². The van der Waals surface area contributed by atoms with E-state index in [-0.39, 0.29) is 17.9 Å². The molecule has 0 aliphatic carbocycles. The molecule has 0 fully saturated rings. The molecule has 3 rings (SSSR count). The highest BCUT2D eigenvalue weighted by Crippen LogP contribution is 2.32. The summed E-state index contributed by atoms with van der Waals surface area (Å²) in [4.78, 5) is 25.4. The Bertz CT molecular complexity index is 856. The average molecular weight is 371 g/mol. The van der Waals surface area contributed by atoms with E-state index >= 15 is 0 Å². The van der Waals surface area contributed by atoms with E-state index in [4.69, 9.17) is 10.5 Å². The summed E-state index contributed by atoms with van der Waals surface area (Å²) in [5.74, 6) is -0.285. The quantitative estimate of drug-likeness (QED) is 0.866. The molecule has 1 heterocycles. The van der Waals surface area contributed by atoms with Crippen LogP contribution in [0.3, 0.4) is 0 Å². The number of urea groups is 1. The van der Waals surface area contributed by atoms with Gasteiger partial charge in [-0.1, -0.05) is 12.1 Å². The van der Waals surface area contributed by atoms with Gasteiger partial charge < -0.3 is 20.7 Å². The Morgan fingerprint density at radius 1 is 1.30 bits per heavy atom.